The third-order valence-electron chi connectivity index (χ3n) is 5.60. The van der Waals surface area contributed by atoms with Crippen molar-refractivity contribution in [3.05, 3.63) is 40.4 Å². The maximum Gasteiger partial charge on any atom is 0.254 e. The summed E-state index contributed by atoms with van der Waals surface area (Å²) >= 11 is 1.42. The number of anilines is 1. The van der Waals surface area contributed by atoms with E-state index in [0.717, 1.165) is 34.1 Å². The largest absolute Gasteiger partial charge is 0.333 e. The van der Waals surface area contributed by atoms with Crippen LogP contribution in [0.15, 0.2) is 29.2 Å². The highest BCUT2D eigenvalue weighted by Gasteiger charge is 2.28. The zero-order valence-corrected chi connectivity index (χ0v) is 18.6. The highest BCUT2D eigenvalue weighted by molar-refractivity contribution is 7.89. The third kappa shape index (κ3) is 3.99. The van der Waals surface area contributed by atoms with Crippen molar-refractivity contribution in [3.63, 3.8) is 0 Å². The fourth-order valence-corrected chi connectivity index (χ4v) is 5.39. The van der Waals surface area contributed by atoms with Gasteiger partial charge >= 0.3 is 0 Å². The van der Waals surface area contributed by atoms with Crippen molar-refractivity contribution in [2.75, 3.05) is 26.0 Å². The lowest BCUT2D eigenvalue weighted by atomic mass is 9.85. The molecular weight excluding hydrogens is 424 g/mol. The van der Waals surface area contributed by atoms with Gasteiger partial charge in [-0.15, -0.1) is 0 Å². The van der Waals surface area contributed by atoms with Crippen molar-refractivity contribution in [2.24, 2.45) is 5.92 Å². The minimum Gasteiger partial charge on any atom is -0.333 e. The number of thiazole rings is 1. The predicted molar refractivity (Wildman–Crippen MR) is 114 cm³/mol. The van der Waals surface area contributed by atoms with Gasteiger partial charge in [0, 0.05) is 43.4 Å². The van der Waals surface area contributed by atoms with Gasteiger partial charge in [0.05, 0.1) is 17.1 Å². The highest BCUT2D eigenvalue weighted by Crippen LogP contribution is 2.32. The Morgan fingerprint density at radius 3 is 2.50 bits per heavy atom. The Morgan fingerprint density at radius 1 is 1.20 bits per heavy atom. The molecule has 0 unspecified atom stereocenters. The summed E-state index contributed by atoms with van der Waals surface area (Å²) in [5.74, 6) is -0.0146. The summed E-state index contributed by atoms with van der Waals surface area (Å²) in [6.07, 6.45) is 3.61. The van der Waals surface area contributed by atoms with Gasteiger partial charge in [0.2, 0.25) is 15.9 Å². The van der Waals surface area contributed by atoms with E-state index >= 15 is 0 Å². The van der Waals surface area contributed by atoms with Gasteiger partial charge in [0.15, 0.2) is 5.13 Å². The molecule has 1 N–H and O–H groups in total. The van der Waals surface area contributed by atoms with E-state index in [1.807, 2.05) is 0 Å². The van der Waals surface area contributed by atoms with Crippen LogP contribution in [-0.2, 0) is 27.8 Å². The molecule has 2 amide bonds. The number of fused-ring (bicyclic) bond motifs is 1. The second kappa shape index (κ2) is 8.09. The number of rotatable bonds is 5. The van der Waals surface area contributed by atoms with E-state index in [9.17, 15) is 18.0 Å². The fourth-order valence-electron chi connectivity index (χ4n) is 3.46. The molecule has 10 heteroatoms. The van der Waals surface area contributed by atoms with Gasteiger partial charge in [0.25, 0.3) is 5.91 Å². The number of nitrogens with zero attached hydrogens (tertiary/aromatic N) is 3. The van der Waals surface area contributed by atoms with E-state index < -0.39 is 10.0 Å². The van der Waals surface area contributed by atoms with E-state index in [-0.39, 0.29) is 22.6 Å². The van der Waals surface area contributed by atoms with Crippen LogP contribution in [-0.4, -0.2) is 55.1 Å². The lowest BCUT2D eigenvalue weighted by molar-refractivity contribution is -0.122. The number of nitrogens with one attached hydrogen (secondary N) is 1. The van der Waals surface area contributed by atoms with E-state index in [0.29, 0.717) is 30.2 Å². The second-order valence-corrected chi connectivity index (χ2v) is 11.0. The van der Waals surface area contributed by atoms with Crippen molar-refractivity contribution in [1.29, 1.82) is 0 Å². The quantitative estimate of drug-likeness (QED) is 0.757. The maximum atomic E-state index is 12.9. The van der Waals surface area contributed by atoms with Gasteiger partial charge < -0.3 is 10.2 Å². The van der Waals surface area contributed by atoms with Crippen LogP contribution in [0.5, 0.6) is 0 Å². The average Bonchev–Trinajstić information content (AvgIpc) is 3.07. The molecule has 8 nitrogen and oxygen atoms in total. The molecule has 1 aliphatic carbocycles. The Bertz CT molecular complexity index is 1070. The molecule has 0 spiro atoms. The number of carbonyl (C=O) groups excluding carboxylic acids is 2. The first kappa shape index (κ1) is 21.0. The minimum atomic E-state index is -3.53. The number of benzene rings is 1. The molecule has 30 heavy (non-hydrogen) atoms. The number of aromatic nitrogens is 1. The first-order chi connectivity index (χ1) is 14.3. The fraction of sp³-hybridized carbons (Fsp3) is 0.450. The van der Waals surface area contributed by atoms with Crippen molar-refractivity contribution < 1.29 is 18.0 Å². The van der Waals surface area contributed by atoms with Crippen LogP contribution < -0.4 is 5.32 Å². The van der Waals surface area contributed by atoms with E-state index in [1.165, 1.54) is 37.6 Å². The van der Waals surface area contributed by atoms with Crippen LogP contribution in [0.1, 0.15) is 40.2 Å². The number of amides is 2. The summed E-state index contributed by atoms with van der Waals surface area (Å²) in [5.41, 5.74) is 1.37. The van der Waals surface area contributed by atoms with Gasteiger partial charge in [-0.25, -0.2) is 17.7 Å². The summed E-state index contributed by atoms with van der Waals surface area (Å²) in [7, 11) is -0.588. The third-order valence-corrected chi connectivity index (χ3v) is 8.43. The summed E-state index contributed by atoms with van der Waals surface area (Å²) in [6, 6.07) is 6.01. The smallest absolute Gasteiger partial charge is 0.254 e. The Hall–Kier alpha value is -2.30. The molecule has 1 aliphatic heterocycles. The van der Waals surface area contributed by atoms with E-state index in [4.69, 9.17) is 0 Å². The van der Waals surface area contributed by atoms with Crippen molar-refractivity contribution in [2.45, 2.75) is 37.1 Å². The maximum absolute atomic E-state index is 12.9. The number of hydrogen-bond acceptors (Lipinski definition) is 6. The Balaban J connectivity index is 1.44. The van der Waals surface area contributed by atoms with E-state index in [1.54, 1.807) is 17.0 Å². The number of hydrogen-bond donors (Lipinski definition) is 1. The molecule has 1 fully saturated rings. The van der Waals surface area contributed by atoms with Crippen LogP contribution in [0.2, 0.25) is 0 Å². The van der Waals surface area contributed by atoms with Gasteiger partial charge in [-0.2, -0.15) is 0 Å². The molecule has 2 aromatic rings. The molecule has 160 valence electrons. The standard InChI is InChI=1S/C20H24N4O4S2/c1-23(2)30(27,28)15-8-6-14(7-9-15)19(26)24-11-10-16-17(12-24)29-20(21-16)22-18(25)13-4-3-5-13/h6-9,13H,3-5,10-12H2,1-2H3,(H,21,22,25). The molecule has 1 aromatic carbocycles. The molecule has 0 radical (unpaired) electrons. The predicted octanol–water partition coefficient (Wildman–Crippen LogP) is 2.33. The summed E-state index contributed by atoms with van der Waals surface area (Å²) < 4.78 is 25.5. The van der Waals surface area contributed by atoms with Gasteiger partial charge in [-0.3, -0.25) is 9.59 Å². The summed E-state index contributed by atoms with van der Waals surface area (Å²) in [6.45, 7) is 0.964. The zero-order valence-electron chi connectivity index (χ0n) is 16.9. The van der Waals surface area contributed by atoms with Crippen LogP contribution in [0.25, 0.3) is 0 Å². The summed E-state index contributed by atoms with van der Waals surface area (Å²) in [4.78, 5) is 32.4. The van der Waals surface area contributed by atoms with E-state index in [2.05, 4.69) is 10.3 Å². The molecular formula is C20H24N4O4S2. The molecule has 0 atom stereocenters. The number of sulfonamides is 1. The Labute approximate surface area is 180 Å². The highest BCUT2D eigenvalue weighted by atomic mass is 32.2. The van der Waals surface area contributed by atoms with Crippen molar-refractivity contribution >= 4 is 38.3 Å². The molecule has 2 heterocycles. The lowest BCUT2D eigenvalue weighted by Gasteiger charge is -2.26. The minimum absolute atomic E-state index is 0.0352. The molecule has 4 rings (SSSR count). The van der Waals surface area contributed by atoms with Crippen molar-refractivity contribution in [3.8, 4) is 0 Å². The monoisotopic (exact) mass is 448 g/mol. The SMILES string of the molecule is CN(C)S(=O)(=O)c1ccc(C(=O)N2CCc3nc(NC(=O)C4CCC4)sc3C2)cc1. The topological polar surface area (TPSA) is 99.7 Å². The molecule has 0 saturated heterocycles. The Morgan fingerprint density at radius 2 is 1.90 bits per heavy atom. The molecule has 0 bridgehead atoms. The van der Waals surface area contributed by atoms with Gasteiger partial charge in [0.1, 0.15) is 0 Å². The number of carbonyl (C=O) groups is 2. The lowest BCUT2D eigenvalue weighted by Crippen LogP contribution is -2.35. The summed E-state index contributed by atoms with van der Waals surface area (Å²) in [5, 5.41) is 3.51. The van der Waals surface area contributed by atoms with Crippen LogP contribution in [0.4, 0.5) is 5.13 Å². The van der Waals surface area contributed by atoms with Crippen LogP contribution in [0, 0.1) is 5.92 Å². The van der Waals surface area contributed by atoms with Crippen molar-refractivity contribution in [1.82, 2.24) is 14.2 Å². The van der Waals surface area contributed by atoms with Crippen LogP contribution >= 0.6 is 11.3 Å². The Kier molecular flexibility index (Phi) is 5.65. The normalized spacial score (nSPS) is 16.8. The van der Waals surface area contributed by atoms with Gasteiger partial charge in [-0.05, 0) is 37.1 Å². The molecule has 1 saturated carbocycles. The van der Waals surface area contributed by atoms with Crippen LogP contribution in [0.3, 0.4) is 0 Å². The zero-order chi connectivity index (χ0) is 21.5. The average molecular weight is 449 g/mol. The first-order valence-corrected chi connectivity index (χ1v) is 12.1. The first-order valence-electron chi connectivity index (χ1n) is 9.87. The molecule has 2 aliphatic rings. The second-order valence-electron chi connectivity index (χ2n) is 7.79. The molecule has 1 aromatic heterocycles. The van der Waals surface area contributed by atoms with Gasteiger partial charge in [-0.1, -0.05) is 17.8 Å².